The number of nitrogens with zero attached hydrogens (tertiary/aromatic N) is 3. The van der Waals surface area contributed by atoms with Crippen LogP contribution in [0.3, 0.4) is 0 Å². The summed E-state index contributed by atoms with van der Waals surface area (Å²) in [6.07, 6.45) is 3.48. The SMILES string of the molecule is CN(C[C@@H]1CCCO1)C(=O)Cn1cnc2c(oc3ccccc32)c1=O. The molecule has 0 bridgehead atoms. The van der Waals surface area contributed by atoms with E-state index >= 15 is 0 Å². The van der Waals surface area contributed by atoms with Crippen LogP contribution in [0.15, 0.2) is 39.8 Å². The summed E-state index contributed by atoms with van der Waals surface area (Å²) in [5, 5.41) is 0.795. The van der Waals surface area contributed by atoms with Gasteiger partial charge in [0.15, 0.2) is 0 Å². The third-order valence-electron chi connectivity index (χ3n) is 4.58. The lowest BCUT2D eigenvalue weighted by Gasteiger charge is -2.21. The quantitative estimate of drug-likeness (QED) is 0.723. The minimum Gasteiger partial charge on any atom is -0.448 e. The molecule has 4 rings (SSSR count). The van der Waals surface area contributed by atoms with E-state index in [0.717, 1.165) is 24.8 Å². The summed E-state index contributed by atoms with van der Waals surface area (Å²) in [4.78, 5) is 31.0. The maximum atomic E-state index is 12.6. The summed E-state index contributed by atoms with van der Waals surface area (Å²) in [5.74, 6) is -0.158. The minimum absolute atomic E-state index is 0.0674. The van der Waals surface area contributed by atoms with Gasteiger partial charge >= 0.3 is 0 Å². The van der Waals surface area contributed by atoms with E-state index in [1.165, 1.54) is 10.9 Å². The van der Waals surface area contributed by atoms with E-state index < -0.39 is 0 Å². The van der Waals surface area contributed by atoms with E-state index in [-0.39, 0.29) is 29.7 Å². The van der Waals surface area contributed by atoms with Crippen molar-refractivity contribution >= 4 is 28.0 Å². The van der Waals surface area contributed by atoms with Crippen LogP contribution in [0.4, 0.5) is 0 Å². The summed E-state index contributed by atoms with van der Waals surface area (Å²) in [7, 11) is 1.72. The van der Waals surface area contributed by atoms with E-state index in [4.69, 9.17) is 9.15 Å². The van der Waals surface area contributed by atoms with Crippen LogP contribution >= 0.6 is 0 Å². The van der Waals surface area contributed by atoms with Gasteiger partial charge in [0.05, 0.1) is 12.4 Å². The van der Waals surface area contributed by atoms with Crippen molar-refractivity contribution < 1.29 is 13.9 Å². The zero-order chi connectivity index (χ0) is 17.4. The molecule has 7 heteroatoms. The van der Waals surface area contributed by atoms with Crippen LogP contribution in [-0.4, -0.2) is 46.7 Å². The number of ether oxygens (including phenoxy) is 1. The Labute approximate surface area is 143 Å². The van der Waals surface area contributed by atoms with Crippen LogP contribution < -0.4 is 5.56 Å². The highest BCUT2D eigenvalue weighted by molar-refractivity contribution is 6.01. The van der Waals surface area contributed by atoms with E-state index in [2.05, 4.69) is 4.98 Å². The molecule has 1 aromatic carbocycles. The van der Waals surface area contributed by atoms with Crippen LogP contribution in [0.25, 0.3) is 22.1 Å². The number of hydrogen-bond donors (Lipinski definition) is 0. The average Bonchev–Trinajstić information content (AvgIpc) is 3.25. The number of aromatic nitrogens is 2. The van der Waals surface area contributed by atoms with Gasteiger partial charge in [-0.3, -0.25) is 14.2 Å². The lowest BCUT2D eigenvalue weighted by Crippen LogP contribution is -2.38. The largest absolute Gasteiger partial charge is 0.448 e. The smallest absolute Gasteiger partial charge is 0.297 e. The summed E-state index contributed by atoms with van der Waals surface area (Å²) >= 11 is 0. The van der Waals surface area contributed by atoms with Crippen molar-refractivity contribution in [2.24, 2.45) is 0 Å². The van der Waals surface area contributed by atoms with E-state index in [0.29, 0.717) is 17.6 Å². The summed E-state index contributed by atoms with van der Waals surface area (Å²) < 4.78 is 12.5. The van der Waals surface area contributed by atoms with E-state index in [1.807, 2.05) is 18.2 Å². The molecule has 1 amide bonds. The maximum Gasteiger partial charge on any atom is 0.297 e. The number of furan rings is 1. The number of fused-ring (bicyclic) bond motifs is 3. The second-order valence-electron chi connectivity index (χ2n) is 6.36. The van der Waals surface area contributed by atoms with Gasteiger partial charge in [0.25, 0.3) is 5.56 Å². The Morgan fingerprint density at radius 2 is 2.24 bits per heavy atom. The minimum atomic E-state index is -0.347. The van der Waals surface area contributed by atoms with E-state index in [9.17, 15) is 9.59 Å². The van der Waals surface area contributed by atoms with E-state index in [1.54, 1.807) is 18.0 Å². The fourth-order valence-electron chi connectivity index (χ4n) is 3.19. The first-order valence-electron chi connectivity index (χ1n) is 8.36. The summed E-state index contributed by atoms with van der Waals surface area (Å²) in [5.41, 5.74) is 0.969. The number of para-hydroxylation sites is 1. The molecule has 0 unspecified atom stereocenters. The van der Waals surface area contributed by atoms with Crippen molar-refractivity contribution in [2.45, 2.75) is 25.5 Å². The second kappa shape index (κ2) is 6.33. The lowest BCUT2D eigenvalue weighted by atomic mass is 10.2. The number of carbonyl (C=O) groups is 1. The van der Waals surface area contributed by atoms with Crippen molar-refractivity contribution in [1.29, 1.82) is 0 Å². The van der Waals surface area contributed by atoms with Crippen LogP contribution in [0, 0.1) is 0 Å². The summed E-state index contributed by atoms with van der Waals surface area (Å²) in [6.45, 7) is 1.22. The first-order chi connectivity index (χ1) is 12.1. The molecule has 0 spiro atoms. The highest BCUT2D eigenvalue weighted by Gasteiger charge is 2.21. The highest BCUT2D eigenvalue weighted by atomic mass is 16.5. The van der Waals surface area contributed by atoms with Crippen molar-refractivity contribution in [1.82, 2.24) is 14.5 Å². The topological polar surface area (TPSA) is 77.6 Å². The summed E-state index contributed by atoms with van der Waals surface area (Å²) in [6, 6.07) is 7.36. The molecule has 0 radical (unpaired) electrons. The number of amides is 1. The second-order valence-corrected chi connectivity index (χ2v) is 6.36. The Balaban J connectivity index is 1.58. The third kappa shape index (κ3) is 2.91. The van der Waals surface area contributed by atoms with Crippen LogP contribution in [0.5, 0.6) is 0 Å². The fourth-order valence-corrected chi connectivity index (χ4v) is 3.19. The highest BCUT2D eigenvalue weighted by Crippen LogP contribution is 2.24. The molecule has 1 atom stereocenters. The molecule has 1 fully saturated rings. The third-order valence-corrected chi connectivity index (χ3v) is 4.58. The predicted molar refractivity (Wildman–Crippen MR) is 92.4 cm³/mol. The van der Waals surface area contributed by atoms with Gasteiger partial charge in [-0.2, -0.15) is 0 Å². The Kier molecular flexibility index (Phi) is 4.01. The fraction of sp³-hybridized carbons (Fsp3) is 0.389. The normalized spacial score (nSPS) is 17.4. The molecule has 7 nitrogen and oxygen atoms in total. The molecule has 0 saturated carbocycles. The molecule has 1 saturated heterocycles. The van der Waals surface area contributed by atoms with Crippen molar-refractivity contribution in [3.05, 3.63) is 40.9 Å². The molecular weight excluding hydrogens is 322 g/mol. The molecule has 130 valence electrons. The zero-order valence-corrected chi connectivity index (χ0v) is 14.0. The molecule has 25 heavy (non-hydrogen) atoms. The van der Waals surface area contributed by atoms with Crippen LogP contribution in [0.2, 0.25) is 0 Å². The van der Waals surface area contributed by atoms with Gasteiger partial charge < -0.3 is 14.1 Å². The van der Waals surface area contributed by atoms with Gasteiger partial charge in [-0.1, -0.05) is 12.1 Å². The molecule has 2 aromatic heterocycles. The number of benzene rings is 1. The van der Waals surface area contributed by atoms with Crippen molar-refractivity contribution in [3.63, 3.8) is 0 Å². The Morgan fingerprint density at radius 3 is 3.04 bits per heavy atom. The average molecular weight is 341 g/mol. The number of carbonyl (C=O) groups excluding carboxylic acids is 1. The standard InChI is InChI=1S/C18H19N3O4/c1-20(9-12-5-4-8-24-12)15(22)10-21-11-19-16-13-6-2-3-7-14(13)25-17(16)18(21)23/h2-3,6-7,11-12H,4-5,8-10H2,1H3/t12-/m0/s1. The first-order valence-corrected chi connectivity index (χ1v) is 8.36. The van der Waals surface area contributed by atoms with Gasteiger partial charge in [-0.25, -0.2) is 4.98 Å². The molecule has 3 heterocycles. The van der Waals surface area contributed by atoms with Crippen molar-refractivity contribution in [3.8, 4) is 0 Å². The molecule has 0 N–H and O–H groups in total. The maximum absolute atomic E-state index is 12.6. The number of rotatable bonds is 4. The lowest BCUT2D eigenvalue weighted by molar-refractivity contribution is -0.132. The Bertz CT molecular complexity index is 985. The van der Waals surface area contributed by atoms with Crippen molar-refractivity contribution in [2.75, 3.05) is 20.2 Å². The Morgan fingerprint density at radius 1 is 1.40 bits per heavy atom. The molecule has 0 aliphatic carbocycles. The van der Waals surface area contributed by atoms with Gasteiger partial charge in [0.2, 0.25) is 11.5 Å². The van der Waals surface area contributed by atoms with Gasteiger partial charge in [-0.15, -0.1) is 0 Å². The van der Waals surface area contributed by atoms with Gasteiger partial charge in [0, 0.05) is 25.6 Å². The van der Waals surface area contributed by atoms with Gasteiger partial charge in [0.1, 0.15) is 17.6 Å². The monoisotopic (exact) mass is 341 g/mol. The van der Waals surface area contributed by atoms with Gasteiger partial charge in [-0.05, 0) is 25.0 Å². The van der Waals surface area contributed by atoms with Crippen LogP contribution in [-0.2, 0) is 16.1 Å². The number of likely N-dealkylation sites (N-methyl/N-ethyl adjacent to an activating group) is 1. The predicted octanol–water partition coefficient (Wildman–Crippen LogP) is 1.78. The first kappa shape index (κ1) is 15.8. The molecule has 1 aliphatic heterocycles. The number of hydrogen-bond acceptors (Lipinski definition) is 5. The molecule has 1 aliphatic rings. The zero-order valence-electron chi connectivity index (χ0n) is 14.0. The Hall–Kier alpha value is -2.67. The molecular formula is C18H19N3O4. The molecule has 3 aromatic rings. The van der Waals surface area contributed by atoms with Crippen LogP contribution in [0.1, 0.15) is 12.8 Å².